The van der Waals surface area contributed by atoms with Gasteiger partial charge in [-0.15, -0.1) is 11.3 Å². The molecule has 1 unspecified atom stereocenters. The molecule has 7 nitrogen and oxygen atoms in total. The van der Waals surface area contributed by atoms with Crippen molar-refractivity contribution in [3.05, 3.63) is 45.0 Å². The predicted molar refractivity (Wildman–Crippen MR) is 122 cm³/mol. The molecule has 0 bridgehead atoms. The van der Waals surface area contributed by atoms with Gasteiger partial charge in [0, 0.05) is 18.5 Å². The maximum Gasteiger partial charge on any atom is 0.262 e. The van der Waals surface area contributed by atoms with E-state index in [0.29, 0.717) is 17.1 Å². The highest BCUT2D eigenvalue weighted by Crippen LogP contribution is 2.28. The molecule has 1 N–H and O–H groups in total. The maximum atomic E-state index is 12.7. The lowest BCUT2D eigenvalue weighted by Crippen LogP contribution is -2.38. The molecule has 3 heterocycles. The van der Waals surface area contributed by atoms with E-state index < -0.39 is 0 Å². The number of hydrogen-bond acceptors (Lipinski definition) is 7. The van der Waals surface area contributed by atoms with Crippen molar-refractivity contribution in [3.8, 4) is 0 Å². The van der Waals surface area contributed by atoms with Crippen molar-refractivity contribution < 1.29 is 9.21 Å². The maximum absolute atomic E-state index is 12.7. The summed E-state index contributed by atoms with van der Waals surface area (Å²) in [5.41, 5.74) is 0.918. The van der Waals surface area contributed by atoms with Gasteiger partial charge in [-0.2, -0.15) is 0 Å². The normalized spacial score (nSPS) is 12.6. The van der Waals surface area contributed by atoms with Gasteiger partial charge >= 0.3 is 0 Å². The summed E-state index contributed by atoms with van der Waals surface area (Å²) in [7, 11) is 1.70. The van der Waals surface area contributed by atoms with Gasteiger partial charge in [-0.3, -0.25) is 19.1 Å². The third kappa shape index (κ3) is 4.63. The van der Waals surface area contributed by atoms with Crippen molar-refractivity contribution in [3.63, 3.8) is 0 Å². The number of nitrogens with zero attached hydrogens (tertiary/aromatic N) is 3. The second kappa shape index (κ2) is 9.80. The molecule has 0 saturated heterocycles. The molecule has 3 aromatic heterocycles. The van der Waals surface area contributed by atoms with Crippen LogP contribution in [0.3, 0.4) is 0 Å². The quantitative estimate of drug-likeness (QED) is 0.399. The number of nitrogens with one attached hydrogen (secondary N) is 1. The van der Waals surface area contributed by atoms with Gasteiger partial charge in [0.1, 0.15) is 10.6 Å². The summed E-state index contributed by atoms with van der Waals surface area (Å²) in [5, 5.41) is 4.23. The van der Waals surface area contributed by atoms with Crippen LogP contribution in [0.15, 0.2) is 32.8 Å². The first-order valence-corrected chi connectivity index (χ1v) is 11.8. The Bertz CT molecular complexity index is 1070. The molecule has 0 fully saturated rings. The Balaban J connectivity index is 1.67. The molecule has 1 amide bonds. The molecule has 30 heavy (non-hydrogen) atoms. The molecule has 0 aromatic carbocycles. The van der Waals surface area contributed by atoms with Crippen LogP contribution in [-0.4, -0.2) is 45.7 Å². The molecule has 0 aliphatic carbocycles. The summed E-state index contributed by atoms with van der Waals surface area (Å²) < 4.78 is 7.11. The Morgan fingerprint density at radius 3 is 2.73 bits per heavy atom. The van der Waals surface area contributed by atoms with E-state index in [-0.39, 0.29) is 23.3 Å². The number of thioether (sulfide) groups is 1. The molecule has 0 aliphatic heterocycles. The summed E-state index contributed by atoms with van der Waals surface area (Å²) in [6, 6.07) is 3.78. The van der Waals surface area contributed by atoms with E-state index in [1.807, 2.05) is 26.0 Å². The number of amides is 1. The zero-order valence-corrected chi connectivity index (χ0v) is 19.7. The number of carbonyl (C=O) groups excluding carboxylic acids is 1. The van der Waals surface area contributed by atoms with Crippen molar-refractivity contribution in [2.45, 2.75) is 38.9 Å². The van der Waals surface area contributed by atoms with E-state index in [1.54, 1.807) is 13.3 Å². The molecule has 3 rings (SSSR count). The van der Waals surface area contributed by atoms with Crippen LogP contribution in [0.2, 0.25) is 0 Å². The number of hydrogen-bond donors (Lipinski definition) is 1. The Kier molecular flexibility index (Phi) is 7.38. The SMILES string of the molecule is CCN(CC)C(CNC(=O)CSc1nc2sc(C)c(C)c2c(=O)n1C)c1ccco1. The van der Waals surface area contributed by atoms with Crippen molar-refractivity contribution in [2.75, 3.05) is 25.4 Å². The topological polar surface area (TPSA) is 80.4 Å². The van der Waals surface area contributed by atoms with Gasteiger partial charge in [-0.05, 0) is 44.6 Å². The van der Waals surface area contributed by atoms with Gasteiger partial charge in [-0.1, -0.05) is 25.6 Å². The number of thiophene rings is 1. The number of aromatic nitrogens is 2. The number of aryl methyl sites for hydroxylation is 2. The number of furan rings is 1. The standard InChI is InChI=1S/C21H28N4O3S2/c1-6-25(7-2)15(16-9-8-10-28-16)11-22-17(26)12-29-21-23-19-18(20(27)24(21)5)13(3)14(4)30-19/h8-10,15H,6-7,11-12H2,1-5H3,(H,22,26). The summed E-state index contributed by atoms with van der Waals surface area (Å²) in [4.78, 5) is 33.9. The highest BCUT2D eigenvalue weighted by molar-refractivity contribution is 7.99. The number of likely N-dealkylation sites (N-methyl/N-ethyl adjacent to an activating group) is 1. The molecular weight excluding hydrogens is 420 g/mol. The Morgan fingerprint density at radius 1 is 1.37 bits per heavy atom. The van der Waals surface area contributed by atoms with E-state index in [9.17, 15) is 9.59 Å². The van der Waals surface area contributed by atoms with E-state index in [1.165, 1.54) is 27.7 Å². The van der Waals surface area contributed by atoms with Crippen LogP contribution in [0.1, 0.15) is 36.1 Å². The van der Waals surface area contributed by atoms with Crippen molar-refractivity contribution >= 4 is 39.2 Å². The van der Waals surface area contributed by atoms with Crippen LogP contribution >= 0.6 is 23.1 Å². The average Bonchev–Trinajstić information content (AvgIpc) is 3.35. The third-order valence-electron chi connectivity index (χ3n) is 5.32. The first-order valence-electron chi connectivity index (χ1n) is 10.0. The first-order chi connectivity index (χ1) is 14.4. The van der Waals surface area contributed by atoms with E-state index in [0.717, 1.165) is 34.1 Å². The molecule has 0 aliphatic rings. The number of carbonyl (C=O) groups is 1. The first kappa shape index (κ1) is 22.6. The highest BCUT2D eigenvalue weighted by atomic mass is 32.2. The second-order valence-electron chi connectivity index (χ2n) is 7.07. The molecule has 0 saturated carbocycles. The van der Waals surface area contributed by atoms with Gasteiger partial charge in [0.25, 0.3) is 5.56 Å². The summed E-state index contributed by atoms with van der Waals surface area (Å²) in [6.45, 7) is 10.3. The van der Waals surface area contributed by atoms with Crippen molar-refractivity contribution in [2.24, 2.45) is 7.05 Å². The van der Waals surface area contributed by atoms with Crippen LogP contribution in [0.5, 0.6) is 0 Å². The van der Waals surface area contributed by atoms with Gasteiger partial charge in [-0.25, -0.2) is 4.98 Å². The lowest BCUT2D eigenvalue weighted by Gasteiger charge is -2.28. The molecule has 162 valence electrons. The fourth-order valence-corrected chi connectivity index (χ4v) is 5.30. The molecule has 3 aromatic rings. The summed E-state index contributed by atoms with van der Waals surface area (Å²) in [5.74, 6) is 0.930. The monoisotopic (exact) mass is 448 g/mol. The molecule has 0 radical (unpaired) electrons. The number of rotatable bonds is 9. The zero-order chi connectivity index (χ0) is 21.8. The summed E-state index contributed by atoms with van der Waals surface area (Å²) >= 11 is 2.79. The van der Waals surface area contributed by atoms with Gasteiger partial charge < -0.3 is 9.73 Å². The largest absolute Gasteiger partial charge is 0.468 e. The van der Waals surface area contributed by atoms with Gasteiger partial charge in [0.15, 0.2) is 5.16 Å². The predicted octanol–water partition coefficient (Wildman–Crippen LogP) is 3.50. The van der Waals surface area contributed by atoms with Crippen LogP contribution in [-0.2, 0) is 11.8 Å². The Labute approximate surface area is 184 Å². The summed E-state index contributed by atoms with van der Waals surface area (Å²) in [6.07, 6.45) is 1.65. The zero-order valence-electron chi connectivity index (χ0n) is 18.0. The minimum atomic E-state index is -0.100. The van der Waals surface area contributed by atoms with Crippen molar-refractivity contribution in [1.29, 1.82) is 0 Å². The average molecular weight is 449 g/mol. The van der Waals surface area contributed by atoms with E-state index in [2.05, 4.69) is 29.0 Å². The Morgan fingerprint density at radius 2 is 2.10 bits per heavy atom. The van der Waals surface area contributed by atoms with Gasteiger partial charge in [0.2, 0.25) is 5.91 Å². The minimum absolute atomic E-state index is 0.0140. The molecular formula is C21H28N4O3S2. The lowest BCUT2D eigenvalue weighted by molar-refractivity contribution is -0.118. The smallest absolute Gasteiger partial charge is 0.262 e. The Hall–Kier alpha value is -2.10. The van der Waals surface area contributed by atoms with E-state index >= 15 is 0 Å². The van der Waals surface area contributed by atoms with Gasteiger partial charge in [0.05, 0.1) is 23.4 Å². The van der Waals surface area contributed by atoms with Crippen LogP contribution < -0.4 is 10.9 Å². The van der Waals surface area contributed by atoms with Crippen LogP contribution in [0.4, 0.5) is 0 Å². The third-order valence-corrected chi connectivity index (χ3v) is 7.45. The van der Waals surface area contributed by atoms with E-state index in [4.69, 9.17) is 4.42 Å². The second-order valence-corrected chi connectivity index (χ2v) is 9.21. The lowest BCUT2D eigenvalue weighted by atomic mass is 10.2. The fraction of sp³-hybridized carbons (Fsp3) is 0.476. The fourth-order valence-electron chi connectivity index (χ4n) is 3.43. The minimum Gasteiger partial charge on any atom is -0.468 e. The highest BCUT2D eigenvalue weighted by Gasteiger charge is 2.21. The van der Waals surface area contributed by atoms with Crippen LogP contribution in [0, 0.1) is 13.8 Å². The molecule has 9 heteroatoms. The number of fused-ring (bicyclic) bond motifs is 1. The molecule has 0 spiro atoms. The van der Waals surface area contributed by atoms with Crippen LogP contribution in [0.25, 0.3) is 10.2 Å². The van der Waals surface area contributed by atoms with Crippen molar-refractivity contribution in [1.82, 2.24) is 19.8 Å². The molecule has 1 atom stereocenters.